The third-order valence-corrected chi connectivity index (χ3v) is 5.21. The predicted molar refractivity (Wildman–Crippen MR) is 94.4 cm³/mol. The first-order valence-electron chi connectivity index (χ1n) is 8.63. The van der Waals surface area contributed by atoms with Gasteiger partial charge in [-0.15, -0.1) is 0 Å². The van der Waals surface area contributed by atoms with E-state index in [0.717, 1.165) is 37.0 Å². The maximum absolute atomic E-state index is 14.0. The zero-order valence-corrected chi connectivity index (χ0v) is 13.9. The smallest absolute Gasteiger partial charge is 0.137 e. The summed E-state index contributed by atoms with van der Waals surface area (Å²) in [6.07, 6.45) is 2.71. The van der Waals surface area contributed by atoms with Crippen molar-refractivity contribution >= 4 is 11.0 Å². The first-order valence-corrected chi connectivity index (χ1v) is 8.63. The largest absolute Gasteiger partial charge is 0.464 e. The van der Waals surface area contributed by atoms with Crippen molar-refractivity contribution in [3.8, 4) is 0 Å². The molecule has 0 radical (unpaired) electrons. The number of furan rings is 1. The van der Waals surface area contributed by atoms with Gasteiger partial charge in [0, 0.05) is 24.5 Å². The van der Waals surface area contributed by atoms with E-state index in [1.165, 1.54) is 11.6 Å². The average molecular weight is 323 g/mol. The van der Waals surface area contributed by atoms with E-state index in [-0.39, 0.29) is 5.82 Å². The lowest BCUT2D eigenvalue weighted by Gasteiger charge is -2.37. The number of piperidine rings is 1. The first-order chi connectivity index (χ1) is 11.7. The molecule has 2 atom stereocenters. The second-order valence-corrected chi connectivity index (χ2v) is 6.92. The van der Waals surface area contributed by atoms with Crippen LogP contribution in [0.4, 0.5) is 4.39 Å². The SMILES string of the molecule is C[C@@H]1CN(Cc2ccccc2)CC[C@@H]1c1cc(F)cc2occc12. The van der Waals surface area contributed by atoms with Gasteiger partial charge in [0.05, 0.1) is 6.26 Å². The summed E-state index contributed by atoms with van der Waals surface area (Å²) in [5.41, 5.74) is 3.11. The van der Waals surface area contributed by atoms with Crippen LogP contribution in [0.2, 0.25) is 0 Å². The number of nitrogens with zero attached hydrogens (tertiary/aromatic N) is 1. The molecule has 0 bridgehead atoms. The van der Waals surface area contributed by atoms with Crippen LogP contribution in [-0.2, 0) is 6.54 Å². The van der Waals surface area contributed by atoms with Crippen LogP contribution in [0, 0.1) is 11.7 Å². The Morgan fingerprint density at radius 2 is 2.00 bits per heavy atom. The fraction of sp³-hybridized carbons (Fsp3) is 0.333. The van der Waals surface area contributed by atoms with Gasteiger partial charge in [-0.05, 0) is 48.1 Å². The van der Waals surface area contributed by atoms with Gasteiger partial charge in [0.15, 0.2) is 0 Å². The molecule has 24 heavy (non-hydrogen) atoms. The lowest BCUT2D eigenvalue weighted by molar-refractivity contribution is 0.156. The highest BCUT2D eigenvalue weighted by Crippen LogP contribution is 2.37. The molecule has 124 valence electrons. The van der Waals surface area contributed by atoms with Crippen molar-refractivity contribution in [1.29, 1.82) is 0 Å². The summed E-state index contributed by atoms with van der Waals surface area (Å²) in [6, 6.07) is 15.7. The molecular weight excluding hydrogens is 301 g/mol. The van der Waals surface area contributed by atoms with Crippen molar-refractivity contribution in [2.75, 3.05) is 13.1 Å². The normalized spacial score (nSPS) is 22.1. The van der Waals surface area contributed by atoms with Crippen LogP contribution >= 0.6 is 0 Å². The van der Waals surface area contributed by atoms with Gasteiger partial charge in [-0.1, -0.05) is 37.3 Å². The van der Waals surface area contributed by atoms with Crippen molar-refractivity contribution in [2.24, 2.45) is 5.92 Å². The Labute approximate surface area is 141 Å². The Morgan fingerprint density at radius 1 is 1.17 bits per heavy atom. The molecule has 3 heteroatoms. The molecule has 2 aromatic carbocycles. The third kappa shape index (κ3) is 2.96. The zero-order chi connectivity index (χ0) is 16.5. The second kappa shape index (κ2) is 6.40. The van der Waals surface area contributed by atoms with E-state index >= 15 is 0 Å². The number of hydrogen-bond acceptors (Lipinski definition) is 2. The molecule has 4 rings (SSSR count). The average Bonchev–Trinajstić information content (AvgIpc) is 3.03. The van der Waals surface area contributed by atoms with E-state index in [9.17, 15) is 4.39 Å². The third-order valence-electron chi connectivity index (χ3n) is 5.21. The Hall–Kier alpha value is -2.13. The Morgan fingerprint density at radius 3 is 2.79 bits per heavy atom. The van der Waals surface area contributed by atoms with Crippen molar-refractivity contribution in [2.45, 2.75) is 25.8 Å². The quantitative estimate of drug-likeness (QED) is 0.659. The van der Waals surface area contributed by atoms with E-state index in [4.69, 9.17) is 4.42 Å². The monoisotopic (exact) mass is 323 g/mol. The summed E-state index contributed by atoms with van der Waals surface area (Å²) >= 11 is 0. The maximum atomic E-state index is 14.0. The molecule has 0 spiro atoms. The lowest BCUT2D eigenvalue weighted by atomic mass is 9.80. The molecule has 2 heterocycles. The molecule has 1 saturated heterocycles. The predicted octanol–water partition coefficient (Wildman–Crippen LogP) is 5.20. The van der Waals surface area contributed by atoms with Crippen LogP contribution in [0.15, 0.2) is 59.2 Å². The van der Waals surface area contributed by atoms with E-state index in [1.807, 2.05) is 6.07 Å². The highest BCUT2D eigenvalue weighted by molar-refractivity contribution is 5.81. The summed E-state index contributed by atoms with van der Waals surface area (Å²) < 4.78 is 19.4. The topological polar surface area (TPSA) is 16.4 Å². The summed E-state index contributed by atoms with van der Waals surface area (Å²) in [6.45, 7) is 5.34. The molecule has 0 N–H and O–H groups in total. The minimum atomic E-state index is -0.202. The molecule has 1 aliphatic heterocycles. The second-order valence-electron chi connectivity index (χ2n) is 6.92. The fourth-order valence-electron chi connectivity index (χ4n) is 4.05. The van der Waals surface area contributed by atoms with E-state index in [2.05, 4.69) is 42.2 Å². The van der Waals surface area contributed by atoms with Gasteiger partial charge in [-0.2, -0.15) is 0 Å². The molecule has 2 nitrogen and oxygen atoms in total. The number of rotatable bonds is 3. The summed E-state index contributed by atoms with van der Waals surface area (Å²) in [7, 11) is 0. The minimum Gasteiger partial charge on any atom is -0.464 e. The fourth-order valence-corrected chi connectivity index (χ4v) is 4.05. The number of hydrogen-bond donors (Lipinski definition) is 0. The van der Waals surface area contributed by atoms with Gasteiger partial charge >= 0.3 is 0 Å². The van der Waals surface area contributed by atoms with Crippen molar-refractivity contribution < 1.29 is 8.81 Å². The summed E-state index contributed by atoms with van der Waals surface area (Å²) in [4.78, 5) is 2.50. The lowest BCUT2D eigenvalue weighted by Crippen LogP contribution is -2.37. The molecule has 1 fully saturated rings. The van der Waals surface area contributed by atoms with Crippen molar-refractivity contribution in [1.82, 2.24) is 4.90 Å². The number of fused-ring (bicyclic) bond motifs is 1. The van der Waals surface area contributed by atoms with Gasteiger partial charge in [0.1, 0.15) is 11.4 Å². The van der Waals surface area contributed by atoms with E-state index in [1.54, 1.807) is 12.3 Å². The molecule has 1 aromatic heterocycles. The van der Waals surface area contributed by atoms with Gasteiger partial charge < -0.3 is 4.42 Å². The van der Waals surface area contributed by atoms with Crippen LogP contribution in [0.3, 0.4) is 0 Å². The minimum absolute atomic E-state index is 0.202. The Bertz CT molecular complexity index is 826. The highest BCUT2D eigenvalue weighted by Gasteiger charge is 2.29. The molecule has 0 aliphatic carbocycles. The maximum Gasteiger partial charge on any atom is 0.137 e. The van der Waals surface area contributed by atoms with Gasteiger partial charge in [0.2, 0.25) is 0 Å². The van der Waals surface area contributed by atoms with Crippen LogP contribution in [-0.4, -0.2) is 18.0 Å². The number of benzene rings is 2. The molecule has 0 amide bonds. The van der Waals surface area contributed by atoms with Crippen LogP contribution in [0.5, 0.6) is 0 Å². The van der Waals surface area contributed by atoms with E-state index < -0.39 is 0 Å². The summed E-state index contributed by atoms with van der Waals surface area (Å²) in [5, 5.41) is 1.06. The molecule has 3 aromatic rings. The van der Waals surface area contributed by atoms with Gasteiger partial charge in [0.25, 0.3) is 0 Å². The Balaban J connectivity index is 1.53. The summed E-state index contributed by atoms with van der Waals surface area (Å²) in [5.74, 6) is 0.668. The number of likely N-dealkylation sites (tertiary alicyclic amines) is 1. The van der Waals surface area contributed by atoms with Gasteiger partial charge in [-0.3, -0.25) is 4.90 Å². The van der Waals surface area contributed by atoms with Crippen LogP contribution < -0.4 is 0 Å². The van der Waals surface area contributed by atoms with Crippen molar-refractivity contribution in [3.63, 3.8) is 0 Å². The van der Waals surface area contributed by atoms with E-state index in [0.29, 0.717) is 17.4 Å². The first kappa shape index (κ1) is 15.4. The van der Waals surface area contributed by atoms with Gasteiger partial charge in [-0.25, -0.2) is 4.39 Å². The molecule has 0 saturated carbocycles. The number of halogens is 1. The zero-order valence-electron chi connectivity index (χ0n) is 13.9. The molecule has 0 unspecified atom stereocenters. The van der Waals surface area contributed by atoms with Crippen LogP contribution in [0.25, 0.3) is 11.0 Å². The van der Waals surface area contributed by atoms with Crippen LogP contribution in [0.1, 0.15) is 30.4 Å². The standard InChI is InChI=1S/C21H22FNO/c1-15-13-23(14-16-5-3-2-4-6-16)9-7-18(15)20-11-17(22)12-21-19(20)8-10-24-21/h2-6,8,10-12,15,18H,7,9,13-14H2,1H3/t15-,18+/m1/s1. The highest BCUT2D eigenvalue weighted by atomic mass is 19.1. The van der Waals surface area contributed by atoms with Crippen molar-refractivity contribution in [3.05, 3.63) is 71.7 Å². The Kier molecular flexibility index (Phi) is 4.11. The molecular formula is C21H22FNO. The molecule has 1 aliphatic rings.